The fourth-order valence-electron chi connectivity index (χ4n) is 9.04. The molecule has 5 nitrogen and oxygen atoms in total. The average molecular weight is 937 g/mol. The van der Waals surface area contributed by atoms with Gasteiger partial charge in [-0.25, -0.2) is 0 Å². The van der Waals surface area contributed by atoms with Crippen LogP contribution in [0.15, 0.2) is 137 Å². The molecule has 9 aromatic rings. The van der Waals surface area contributed by atoms with Crippen molar-refractivity contribution in [2.75, 3.05) is 9.80 Å². The van der Waals surface area contributed by atoms with Crippen molar-refractivity contribution in [1.82, 2.24) is 9.38 Å². The molecule has 4 heterocycles. The largest absolute Gasteiger partial charge is 0.503 e. The molecule has 0 saturated heterocycles. The average Bonchev–Trinajstić information content (AvgIpc) is 3.77. The Labute approximate surface area is 351 Å². The van der Waals surface area contributed by atoms with Crippen molar-refractivity contribution >= 4 is 72.9 Å². The maximum absolute atomic E-state index is 6.62. The summed E-state index contributed by atoms with van der Waals surface area (Å²) in [7, 11) is 0. The van der Waals surface area contributed by atoms with E-state index >= 15 is 0 Å². The van der Waals surface area contributed by atoms with E-state index < -0.39 is 0 Å². The van der Waals surface area contributed by atoms with Gasteiger partial charge in [0.1, 0.15) is 0 Å². The summed E-state index contributed by atoms with van der Waals surface area (Å²) in [6.07, 6.45) is 0. The topological polar surface area (TPSA) is 33.0 Å². The number of hydrogen-bond acceptors (Lipinski definition) is 5. The van der Waals surface area contributed by atoms with Crippen LogP contribution in [0.25, 0.3) is 38.4 Å². The minimum absolute atomic E-state index is 0. The molecule has 0 spiro atoms. The Bertz CT molecular complexity index is 3090. The summed E-state index contributed by atoms with van der Waals surface area (Å²) >= 11 is 1.86. The quantitative estimate of drug-likeness (QED) is 0.130. The molecule has 2 aliphatic rings. The maximum atomic E-state index is 6.62. The first-order chi connectivity index (χ1) is 27.2. The fraction of sp³-hybridized carbons (Fsp3) is 0.120. The van der Waals surface area contributed by atoms with Crippen molar-refractivity contribution in [3.8, 4) is 11.5 Å². The third-order valence-corrected chi connectivity index (χ3v) is 12.7. The van der Waals surface area contributed by atoms with Crippen LogP contribution in [0.2, 0.25) is 0 Å². The number of anilines is 4. The standard InChI is InChI=1S/C50H37N4OS.Pt/c1-30-23-31(2)48(32(3)24-30)53-29-52(43-18-9-10-19-44(43)53)33-13-12-14-34(25-33)55-35-21-22-36-37-27-47-40(50(4,5)39-15-6-11-20-46(39)56-47)28-45(37)54-42-17-8-7-16-41(42)51-49(54)38(36)26-35;/h6-24,27-29H,1-5H3;/q-3;. The van der Waals surface area contributed by atoms with Crippen LogP contribution in [0.3, 0.4) is 0 Å². The molecule has 0 aliphatic carbocycles. The van der Waals surface area contributed by atoms with Gasteiger partial charge in [0.15, 0.2) is 0 Å². The summed E-state index contributed by atoms with van der Waals surface area (Å²) in [6.45, 7) is 13.4. The molecule has 0 N–H and O–H groups in total. The van der Waals surface area contributed by atoms with Gasteiger partial charge in [0.2, 0.25) is 0 Å². The Hall–Kier alpha value is -5.55. The third-order valence-electron chi connectivity index (χ3n) is 11.5. The molecule has 2 aromatic heterocycles. The van der Waals surface area contributed by atoms with E-state index in [0.29, 0.717) is 11.5 Å². The van der Waals surface area contributed by atoms with Crippen molar-refractivity contribution in [2.45, 2.75) is 49.8 Å². The number of aromatic nitrogens is 2. The van der Waals surface area contributed by atoms with Gasteiger partial charge in [-0.3, -0.25) is 4.98 Å². The zero-order chi connectivity index (χ0) is 37.9. The number of rotatable bonds is 4. The van der Waals surface area contributed by atoms with E-state index in [-0.39, 0.29) is 26.5 Å². The van der Waals surface area contributed by atoms with Crippen molar-refractivity contribution in [1.29, 1.82) is 0 Å². The van der Waals surface area contributed by atoms with Crippen LogP contribution in [0.1, 0.15) is 41.7 Å². The second kappa shape index (κ2) is 13.3. The zero-order valence-corrected chi connectivity index (χ0v) is 35.2. The molecule has 7 aromatic carbocycles. The number of hydrogen-bond donors (Lipinski definition) is 0. The predicted octanol–water partition coefficient (Wildman–Crippen LogP) is 13.3. The van der Waals surface area contributed by atoms with Crippen molar-refractivity contribution < 1.29 is 25.8 Å². The molecule has 0 fully saturated rings. The van der Waals surface area contributed by atoms with Gasteiger partial charge in [0.25, 0.3) is 0 Å². The van der Waals surface area contributed by atoms with Gasteiger partial charge in [0, 0.05) is 70.3 Å². The number of imidazole rings is 1. The SMILES string of the molecule is Cc1cc(C)c(N2[CH-]N(c3[c-]c(Oc4[c-]c5c(cc4)c4cc6c(cc4n4c7ccccc7nc54)C(C)(C)c4ccccc4S6)ccc3)c3ccccc32)c(C)c1.[Pt]. The molecule has 0 bridgehead atoms. The van der Waals surface area contributed by atoms with E-state index in [0.717, 1.165) is 50.0 Å². The zero-order valence-electron chi connectivity index (χ0n) is 32.1. The Kier molecular flexibility index (Phi) is 8.34. The van der Waals surface area contributed by atoms with E-state index in [2.05, 4.69) is 177 Å². The van der Waals surface area contributed by atoms with Gasteiger partial charge < -0.3 is 18.9 Å². The summed E-state index contributed by atoms with van der Waals surface area (Å²) < 4.78 is 8.93. The number of ether oxygens (including phenoxy) is 1. The molecular weight excluding hydrogens is 900 g/mol. The summed E-state index contributed by atoms with van der Waals surface area (Å²) in [6, 6.07) is 52.5. The molecule has 0 radical (unpaired) electrons. The van der Waals surface area contributed by atoms with E-state index in [4.69, 9.17) is 9.72 Å². The summed E-state index contributed by atoms with van der Waals surface area (Å²) in [5.41, 5.74) is 14.6. The second-order valence-electron chi connectivity index (χ2n) is 15.6. The Morgan fingerprint density at radius 2 is 1.37 bits per heavy atom. The number of pyridine rings is 1. The predicted molar refractivity (Wildman–Crippen MR) is 230 cm³/mol. The number of nitrogens with zero attached hydrogens (tertiary/aromatic N) is 4. The van der Waals surface area contributed by atoms with E-state index in [1.54, 1.807) is 0 Å². The Balaban J connectivity index is 0.00000396. The number of benzene rings is 7. The van der Waals surface area contributed by atoms with E-state index in [1.165, 1.54) is 48.7 Å². The first kappa shape index (κ1) is 35.8. The third kappa shape index (κ3) is 5.52. The normalized spacial score (nSPS) is 14.2. The monoisotopic (exact) mass is 936 g/mol. The van der Waals surface area contributed by atoms with Gasteiger partial charge in [0.05, 0.1) is 16.7 Å². The number of fused-ring (bicyclic) bond motifs is 11. The molecule has 0 unspecified atom stereocenters. The molecule has 0 amide bonds. The Morgan fingerprint density at radius 1 is 0.649 bits per heavy atom. The van der Waals surface area contributed by atoms with Gasteiger partial charge in [-0.1, -0.05) is 103 Å². The van der Waals surface area contributed by atoms with Crippen LogP contribution in [-0.4, -0.2) is 9.38 Å². The molecule has 7 heteroatoms. The van der Waals surface area contributed by atoms with Gasteiger partial charge in [-0.15, -0.1) is 42.7 Å². The summed E-state index contributed by atoms with van der Waals surface area (Å²) in [4.78, 5) is 12.3. The number of para-hydroxylation sites is 4. The summed E-state index contributed by atoms with van der Waals surface area (Å²) in [5.74, 6) is 1.22. The Morgan fingerprint density at radius 3 is 2.19 bits per heavy atom. The smallest absolute Gasteiger partial charge is 0.0774 e. The molecule has 0 saturated carbocycles. The first-order valence-corrected chi connectivity index (χ1v) is 19.9. The first-order valence-electron chi connectivity index (χ1n) is 19.0. The van der Waals surface area contributed by atoms with Gasteiger partial charge in [-0.05, 0) is 90.9 Å². The van der Waals surface area contributed by atoms with Gasteiger partial charge in [-0.2, -0.15) is 6.07 Å². The van der Waals surface area contributed by atoms with Crippen LogP contribution in [0, 0.1) is 39.6 Å². The molecule has 2 aliphatic heterocycles. The van der Waals surface area contributed by atoms with Crippen molar-refractivity contribution in [3.05, 3.63) is 174 Å². The maximum Gasteiger partial charge on any atom is 0.0774 e. The van der Waals surface area contributed by atoms with Crippen LogP contribution < -0.4 is 14.5 Å². The van der Waals surface area contributed by atoms with Crippen molar-refractivity contribution in [2.24, 2.45) is 0 Å². The van der Waals surface area contributed by atoms with Crippen molar-refractivity contribution in [3.63, 3.8) is 0 Å². The molecule has 11 rings (SSSR count). The minimum atomic E-state index is -0.149. The molecule has 0 atom stereocenters. The minimum Gasteiger partial charge on any atom is -0.503 e. The second-order valence-corrected chi connectivity index (χ2v) is 16.6. The number of aryl methyl sites for hydroxylation is 3. The van der Waals surface area contributed by atoms with E-state index in [9.17, 15) is 0 Å². The van der Waals surface area contributed by atoms with Gasteiger partial charge >= 0.3 is 0 Å². The van der Waals surface area contributed by atoms with Crippen LogP contribution in [0.5, 0.6) is 11.5 Å². The van der Waals surface area contributed by atoms with E-state index in [1.807, 2.05) is 30.0 Å². The van der Waals surface area contributed by atoms with Crippen LogP contribution >= 0.6 is 11.8 Å². The fourth-order valence-corrected chi connectivity index (χ4v) is 10.5. The molecular formula is C50H37N4OPtS-3. The molecule has 282 valence electrons. The van der Waals surface area contributed by atoms with Crippen LogP contribution in [0.4, 0.5) is 22.7 Å². The van der Waals surface area contributed by atoms with Crippen LogP contribution in [-0.2, 0) is 26.5 Å². The summed E-state index contributed by atoms with van der Waals surface area (Å²) in [5, 5.41) is 3.18. The molecule has 57 heavy (non-hydrogen) atoms.